The van der Waals surface area contributed by atoms with Crippen molar-refractivity contribution in [3.63, 3.8) is 0 Å². The van der Waals surface area contributed by atoms with Gasteiger partial charge < -0.3 is 25.6 Å². The lowest BCUT2D eigenvalue weighted by atomic mass is 10.0. The minimum atomic E-state index is -0.826. The Bertz CT molecular complexity index is 424. The van der Waals surface area contributed by atoms with Crippen molar-refractivity contribution >= 4 is 5.84 Å². The summed E-state index contributed by atoms with van der Waals surface area (Å²) < 4.78 is 18.9. The summed E-state index contributed by atoms with van der Waals surface area (Å²) in [5.41, 5.74) is 5.33. The van der Waals surface area contributed by atoms with Crippen molar-refractivity contribution in [2.75, 3.05) is 6.61 Å². The highest BCUT2D eigenvalue weighted by atomic mass is 19.1. The lowest BCUT2D eigenvalue weighted by Gasteiger charge is -2.31. The zero-order chi connectivity index (χ0) is 13.4. The van der Waals surface area contributed by atoms with Crippen molar-refractivity contribution in [1.29, 1.82) is 0 Å². The predicted molar refractivity (Wildman–Crippen MR) is 62.7 cm³/mol. The molecule has 1 saturated heterocycles. The number of ether oxygens (including phenoxy) is 1. The van der Waals surface area contributed by atoms with Crippen LogP contribution in [0, 0.1) is 5.92 Å². The Morgan fingerprint density at radius 3 is 2.89 bits per heavy atom. The molecule has 2 heterocycles. The molecule has 0 bridgehead atoms. The van der Waals surface area contributed by atoms with E-state index in [1.807, 2.05) is 0 Å². The van der Waals surface area contributed by atoms with Crippen LogP contribution in [0.2, 0.25) is 0 Å². The molecule has 0 aromatic carbocycles. The third kappa shape index (κ3) is 2.00. The van der Waals surface area contributed by atoms with Crippen LogP contribution in [0.1, 0.15) is 6.92 Å². The second kappa shape index (κ2) is 4.68. The molecule has 2 aliphatic rings. The molecule has 2 rings (SSSR count). The van der Waals surface area contributed by atoms with Crippen molar-refractivity contribution in [2.24, 2.45) is 16.6 Å². The number of aliphatic imine (C=N–C) groups is 1. The van der Waals surface area contributed by atoms with Gasteiger partial charge in [0.25, 0.3) is 0 Å². The topological polar surface area (TPSA) is 91.3 Å². The number of amidine groups is 1. The van der Waals surface area contributed by atoms with Crippen LogP contribution in [0.5, 0.6) is 0 Å². The second-order valence-electron chi connectivity index (χ2n) is 4.39. The number of hydrogen-bond donors (Lipinski definition) is 3. The van der Waals surface area contributed by atoms with E-state index in [0.717, 1.165) is 6.20 Å². The number of nitrogens with zero attached hydrogens (tertiary/aromatic N) is 2. The summed E-state index contributed by atoms with van der Waals surface area (Å²) in [7, 11) is 0. The number of aliphatic hydroxyl groups is 2. The highest BCUT2D eigenvalue weighted by Gasteiger charge is 2.44. The molecule has 18 heavy (non-hydrogen) atoms. The van der Waals surface area contributed by atoms with Crippen molar-refractivity contribution < 1.29 is 19.3 Å². The van der Waals surface area contributed by atoms with Crippen LogP contribution >= 0.6 is 0 Å². The lowest BCUT2D eigenvalue weighted by Crippen LogP contribution is -2.38. The Morgan fingerprint density at radius 1 is 1.67 bits per heavy atom. The summed E-state index contributed by atoms with van der Waals surface area (Å²) in [5.74, 6) is -1.00. The van der Waals surface area contributed by atoms with Crippen molar-refractivity contribution in [3.8, 4) is 0 Å². The maximum absolute atomic E-state index is 13.4. The molecule has 0 spiro atoms. The Hall–Kier alpha value is -1.44. The van der Waals surface area contributed by atoms with E-state index in [9.17, 15) is 9.50 Å². The van der Waals surface area contributed by atoms with Crippen LogP contribution in [0.25, 0.3) is 0 Å². The number of nitrogens with two attached hydrogens (primary N) is 1. The monoisotopic (exact) mass is 257 g/mol. The molecular weight excluding hydrogens is 241 g/mol. The highest BCUT2D eigenvalue weighted by molar-refractivity contribution is 5.96. The van der Waals surface area contributed by atoms with Crippen molar-refractivity contribution in [1.82, 2.24) is 4.90 Å². The average molecular weight is 257 g/mol. The third-order valence-corrected chi connectivity index (χ3v) is 3.18. The summed E-state index contributed by atoms with van der Waals surface area (Å²) in [5, 5.41) is 18.9. The molecule has 7 heteroatoms. The predicted octanol–water partition coefficient (Wildman–Crippen LogP) is -0.345. The molecule has 1 fully saturated rings. The summed E-state index contributed by atoms with van der Waals surface area (Å²) in [4.78, 5) is 5.13. The van der Waals surface area contributed by atoms with E-state index in [4.69, 9.17) is 15.6 Å². The van der Waals surface area contributed by atoms with Gasteiger partial charge in [0.15, 0.2) is 11.7 Å². The fraction of sp³-hybridized carbons (Fsp3) is 0.545. The molecule has 4 atom stereocenters. The summed E-state index contributed by atoms with van der Waals surface area (Å²) in [6.07, 6.45) is -1.02. The van der Waals surface area contributed by atoms with Gasteiger partial charge in [-0.2, -0.15) is 0 Å². The quantitative estimate of drug-likeness (QED) is 0.629. The highest BCUT2D eigenvalue weighted by Crippen LogP contribution is 2.32. The number of rotatable bonds is 2. The normalized spacial score (nSPS) is 36.7. The summed E-state index contributed by atoms with van der Waals surface area (Å²) in [6.45, 7) is 5.09. The van der Waals surface area contributed by atoms with Gasteiger partial charge in [-0.15, -0.1) is 0 Å². The van der Waals surface area contributed by atoms with E-state index < -0.39 is 24.3 Å². The SMILES string of the molecule is C=C1N=C(N)C(F)=CN1[C@@H]1O[C@H](CO)[C@H](O)C1C. The van der Waals surface area contributed by atoms with Gasteiger partial charge in [0, 0.05) is 12.1 Å². The van der Waals surface area contributed by atoms with E-state index in [-0.39, 0.29) is 24.2 Å². The standard InChI is InChI=1S/C11H16FN3O3/c1-5-9(17)8(4-16)18-11(5)15-3-7(12)10(13)14-6(15)2/h3,5,8-9,11,16-17H,2,4H2,1H3,(H2,13,14)/t5?,8-,9-,11-/m1/s1. The number of halogens is 1. The molecule has 0 amide bonds. The average Bonchev–Trinajstić information content (AvgIpc) is 2.61. The van der Waals surface area contributed by atoms with E-state index >= 15 is 0 Å². The van der Waals surface area contributed by atoms with Gasteiger partial charge in [-0.05, 0) is 0 Å². The van der Waals surface area contributed by atoms with Crippen LogP contribution in [-0.2, 0) is 4.74 Å². The van der Waals surface area contributed by atoms with E-state index in [1.54, 1.807) is 6.92 Å². The first kappa shape index (κ1) is 13.0. The van der Waals surface area contributed by atoms with Crippen LogP contribution in [-0.4, -0.2) is 46.0 Å². The van der Waals surface area contributed by atoms with Gasteiger partial charge in [0.05, 0.1) is 12.7 Å². The first-order valence-electron chi connectivity index (χ1n) is 5.59. The van der Waals surface area contributed by atoms with Gasteiger partial charge in [-0.3, -0.25) is 0 Å². The smallest absolute Gasteiger partial charge is 0.181 e. The zero-order valence-electron chi connectivity index (χ0n) is 9.95. The van der Waals surface area contributed by atoms with Crippen LogP contribution in [0.4, 0.5) is 4.39 Å². The van der Waals surface area contributed by atoms with Gasteiger partial charge in [0.1, 0.15) is 18.2 Å². The maximum atomic E-state index is 13.4. The fourth-order valence-corrected chi connectivity index (χ4v) is 2.09. The Kier molecular flexibility index (Phi) is 3.38. The van der Waals surface area contributed by atoms with Gasteiger partial charge in [-0.25, -0.2) is 9.38 Å². The molecule has 0 aromatic heterocycles. The Labute approximate surface area is 104 Å². The van der Waals surface area contributed by atoms with Crippen LogP contribution < -0.4 is 5.73 Å². The van der Waals surface area contributed by atoms with Crippen molar-refractivity contribution in [2.45, 2.75) is 25.4 Å². The van der Waals surface area contributed by atoms with E-state index in [0.29, 0.717) is 0 Å². The largest absolute Gasteiger partial charge is 0.394 e. The van der Waals surface area contributed by atoms with Gasteiger partial charge >= 0.3 is 0 Å². The van der Waals surface area contributed by atoms with Gasteiger partial charge in [0.2, 0.25) is 0 Å². The third-order valence-electron chi connectivity index (χ3n) is 3.18. The minimum Gasteiger partial charge on any atom is -0.394 e. The molecule has 4 N–H and O–H groups in total. The molecule has 6 nitrogen and oxygen atoms in total. The van der Waals surface area contributed by atoms with Crippen LogP contribution in [0.15, 0.2) is 29.4 Å². The minimum absolute atomic E-state index is 0.233. The first-order chi connectivity index (χ1) is 8.45. The van der Waals surface area contributed by atoms with E-state index in [1.165, 1.54) is 4.90 Å². The molecule has 0 aliphatic carbocycles. The van der Waals surface area contributed by atoms with Crippen LogP contribution in [0.3, 0.4) is 0 Å². The molecule has 0 saturated carbocycles. The molecule has 2 aliphatic heterocycles. The molecule has 0 radical (unpaired) electrons. The molecule has 1 unspecified atom stereocenters. The molecule has 0 aromatic rings. The Balaban J connectivity index is 2.21. The lowest BCUT2D eigenvalue weighted by molar-refractivity contribution is -0.0596. The number of aliphatic hydroxyl groups excluding tert-OH is 2. The fourth-order valence-electron chi connectivity index (χ4n) is 2.09. The zero-order valence-corrected chi connectivity index (χ0v) is 9.95. The summed E-state index contributed by atoms with van der Waals surface area (Å²) in [6, 6.07) is 0. The molecule has 100 valence electrons. The molecular formula is C11H16FN3O3. The van der Waals surface area contributed by atoms with E-state index in [2.05, 4.69) is 11.6 Å². The summed E-state index contributed by atoms with van der Waals surface area (Å²) >= 11 is 0. The van der Waals surface area contributed by atoms with Gasteiger partial charge in [-0.1, -0.05) is 13.5 Å². The number of hydrogen-bond acceptors (Lipinski definition) is 6. The van der Waals surface area contributed by atoms with Crippen molar-refractivity contribution in [3.05, 3.63) is 24.4 Å². The second-order valence-corrected chi connectivity index (χ2v) is 4.39. The Morgan fingerprint density at radius 2 is 2.33 bits per heavy atom. The first-order valence-corrected chi connectivity index (χ1v) is 5.59. The maximum Gasteiger partial charge on any atom is 0.181 e.